The third-order valence-electron chi connectivity index (χ3n) is 6.15. The average Bonchev–Trinajstić information content (AvgIpc) is 3.12. The molecule has 0 aromatic heterocycles. The first kappa shape index (κ1) is 24.6. The first-order valence-corrected chi connectivity index (χ1v) is 11.4. The number of nitrogens with zero attached hydrogens (tertiary/aromatic N) is 3. The minimum atomic E-state index is -0.919. The molecular formula is C24H24ClN3O7. The van der Waals surface area contributed by atoms with E-state index in [1.165, 1.54) is 48.4 Å². The lowest BCUT2D eigenvalue weighted by Gasteiger charge is -2.31. The smallest absolute Gasteiger partial charge is 0.295 e. The van der Waals surface area contributed by atoms with E-state index in [0.29, 0.717) is 44.2 Å². The summed E-state index contributed by atoms with van der Waals surface area (Å²) in [6, 6.07) is 9.21. The van der Waals surface area contributed by atoms with Crippen molar-refractivity contribution >= 4 is 34.7 Å². The predicted molar refractivity (Wildman–Crippen MR) is 127 cm³/mol. The number of nitro groups is 1. The molecule has 2 aromatic rings. The fourth-order valence-electron chi connectivity index (χ4n) is 4.28. The number of benzene rings is 2. The Morgan fingerprint density at radius 2 is 1.86 bits per heavy atom. The van der Waals surface area contributed by atoms with Crippen molar-refractivity contribution in [3.05, 3.63) is 74.3 Å². The fraction of sp³-hybridized carbons (Fsp3) is 0.333. The van der Waals surface area contributed by atoms with Gasteiger partial charge in [0.05, 0.1) is 41.9 Å². The van der Waals surface area contributed by atoms with Crippen LogP contribution in [0.1, 0.15) is 17.2 Å². The quantitative estimate of drug-likeness (QED) is 0.202. The van der Waals surface area contributed by atoms with Gasteiger partial charge in [-0.2, -0.15) is 0 Å². The molecule has 0 bridgehead atoms. The van der Waals surface area contributed by atoms with Crippen molar-refractivity contribution in [2.24, 2.45) is 0 Å². The van der Waals surface area contributed by atoms with Crippen LogP contribution in [-0.2, 0) is 14.3 Å². The molecule has 2 heterocycles. The number of ketones is 1. The second-order valence-corrected chi connectivity index (χ2v) is 8.55. The molecule has 2 fully saturated rings. The van der Waals surface area contributed by atoms with Crippen LogP contribution in [0, 0.1) is 10.1 Å². The Morgan fingerprint density at radius 3 is 2.46 bits per heavy atom. The Hall–Kier alpha value is -3.47. The zero-order chi connectivity index (χ0) is 25.1. The number of amides is 1. The van der Waals surface area contributed by atoms with Crippen LogP contribution in [0.4, 0.5) is 5.69 Å². The Morgan fingerprint density at radius 1 is 1.17 bits per heavy atom. The number of rotatable bonds is 7. The summed E-state index contributed by atoms with van der Waals surface area (Å²) in [5.74, 6) is -1.58. The third kappa shape index (κ3) is 5.00. The van der Waals surface area contributed by atoms with Gasteiger partial charge >= 0.3 is 0 Å². The van der Waals surface area contributed by atoms with Gasteiger partial charge in [0.1, 0.15) is 11.5 Å². The molecule has 0 saturated carbocycles. The van der Waals surface area contributed by atoms with E-state index < -0.39 is 22.7 Å². The number of carbonyl (C=O) groups excluding carboxylic acids is 2. The highest BCUT2D eigenvalue weighted by molar-refractivity contribution is 6.46. The molecule has 0 radical (unpaired) electrons. The number of carbonyl (C=O) groups is 2. The minimum Gasteiger partial charge on any atom is -0.507 e. The first-order chi connectivity index (χ1) is 16.8. The number of likely N-dealkylation sites (tertiary alicyclic amines) is 1. The SMILES string of the molecule is COc1ccc(/C(O)=C2\C(=O)C(=O)N(CCN3CCOCC3)[C@@H]2c2ccc([N+](=O)[O-])cc2)cc1Cl. The van der Waals surface area contributed by atoms with Gasteiger partial charge in [-0.25, -0.2) is 0 Å². The number of hydrogen-bond acceptors (Lipinski definition) is 8. The lowest BCUT2D eigenvalue weighted by molar-refractivity contribution is -0.384. The highest BCUT2D eigenvalue weighted by Crippen LogP contribution is 2.40. The number of aliphatic hydroxyl groups excluding tert-OH is 1. The minimum absolute atomic E-state index is 0.105. The van der Waals surface area contributed by atoms with E-state index in [1.807, 2.05) is 0 Å². The zero-order valence-corrected chi connectivity index (χ0v) is 19.7. The van der Waals surface area contributed by atoms with Gasteiger partial charge in [0.25, 0.3) is 17.4 Å². The number of non-ortho nitro benzene ring substituents is 1. The Balaban J connectivity index is 1.76. The summed E-state index contributed by atoms with van der Waals surface area (Å²) in [4.78, 5) is 40.3. The van der Waals surface area contributed by atoms with Crippen LogP contribution in [-0.4, -0.2) is 78.0 Å². The molecule has 2 aliphatic heterocycles. The van der Waals surface area contributed by atoms with Gasteiger partial charge in [0, 0.05) is 43.9 Å². The molecule has 11 heteroatoms. The second kappa shape index (κ2) is 10.4. The molecule has 0 aliphatic carbocycles. The van der Waals surface area contributed by atoms with Gasteiger partial charge in [-0.1, -0.05) is 11.6 Å². The Labute approximate surface area is 206 Å². The van der Waals surface area contributed by atoms with Gasteiger partial charge in [-0.15, -0.1) is 0 Å². The molecule has 1 N–H and O–H groups in total. The van der Waals surface area contributed by atoms with Crippen molar-refractivity contribution in [1.29, 1.82) is 0 Å². The second-order valence-electron chi connectivity index (χ2n) is 8.14. The molecule has 2 aromatic carbocycles. The van der Waals surface area contributed by atoms with E-state index in [9.17, 15) is 24.8 Å². The van der Waals surface area contributed by atoms with E-state index in [-0.39, 0.29) is 34.2 Å². The Kier molecular flexibility index (Phi) is 7.34. The van der Waals surface area contributed by atoms with E-state index in [0.717, 1.165) is 0 Å². The number of methoxy groups -OCH3 is 1. The zero-order valence-electron chi connectivity index (χ0n) is 19.0. The van der Waals surface area contributed by atoms with Gasteiger partial charge in [0.15, 0.2) is 0 Å². The van der Waals surface area contributed by atoms with Crippen LogP contribution in [0.25, 0.3) is 5.76 Å². The molecule has 1 atom stereocenters. The van der Waals surface area contributed by atoms with Crippen molar-refractivity contribution in [3.63, 3.8) is 0 Å². The summed E-state index contributed by atoms with van der Waals surface area (Å²) in [7, 11) is 1.45. The first-order valence-electron chi connectivity index (χ1n) is 11.0. The van der Waals surface area contributed by atoms with Gasteiger partial charge < -0.3 is 19.5 Å². The molecule has 184 valence electrons. The maximum atomic E-state index is 13.1. The number of aliphatic hydroxyl groups is 1. The summed E-state index contributed by atoms with van der Waals surface area (Å²) in [5.41, 5.74) is 0.486. The van der Waals surface area contributed by atoms with Crippen molar-refractivity contribution < 1.29 is 29.1 Å². The van der Waals surface area contributed by atoms with E-state index in [1.54, 1.807) is 6.07 Å². The highest BCUT2D eigenvalue weighted by Gasteiger charge is 2.46. The standard InChI is InChI=1S/C24H24ClN3O7/c1-34-19-7-4-16(14-18(19)25)22(29)20-21(15-2-5-17(6-3-15)28(32)33)27(24(31)23(20)30)9-8-26-10-12-35-13-11-26/h2-7,14,21,29H,8-13H2,1H3/b22-20+/t21-/m1/s1. The van der Waals surface area contributed by atoms with Gasteiger partial charge in [-0.3, -0.25) is 24.6 Å². The summed E-state index contributed by atoms with van der Waals surface area (Å²) in [6.07, 6.45) is 0. The van der Waals surface area contributed by atoms with Crippen LogP contribution >= 0.6 is 11.6 Å². The molecule has 0 unspecified atom stereocenters. The molecule has 1 amide bonds. The number of morpholine rings is 1. The van der Waals surface area contributed by atoms with Crippen LogP contribution in [0.3, 0.4) is 0 Å². The summed E-state index contributed by atoms with van der Waals surface area (Å²) >= 11 is 6.21. The maximum absolute atomic E-state index is 13.1. The van der Waals surface area contributed by atoms with Crippen molar-refractivity contribution in [2.75, 3.05) is 46.5 Å². The number of ether oxygens (including phenoxy) is 2. The van der Waals surface area contributed by atoms with Crippen LogP contribution in [0.15, 0.2) is 48.0 Å². The maximum Gasteiger partial charge on any atom is 0.295 e. The summed E-state index contributed by atoms with van der Waals surface area (Å²) in [6.45, 7) is 3.32. The van der Waals surface area contributed by atoms with Gasteiger partial charge in [0.2, 0.25) is 0 Å². The fourth-order valence-corrected chi connectivity index (χ4v) is 4.54. The van der Waals surface area contributed by atoms with Crippen LogP contribution < -0.4 is 4.74 Å². The van der Waals surface area contributed by atoms with Crippen molar-refractivity contribution in [2.45, 2.75) is 6.04 Å². The number of hydrogen-bond donors (Lipinski definition) is 1. The van der Waals surface area contributed by atoms with E-state index in [4.69, 9.17) is 21.1 Å². The highest BCUT2D eigenvalue weighted by atomic mass is 35.5. The monoisotopic (exact) mass is 501 g/mol. The molecule has 0 spiro atoms. The van der Waals surface area contributed by atoms with Crippen molar-refractivity contribution in [3.8, 4) is 5.75 Å². The van der Waals surface area contributed by atoms with E-state index in [2.05, 4.69) is 4.90 Å². The molecule has 2 saturated heterocycles. The topological polar surface area (TPSA) is 122 Å². The Bertz CT molecular complexity index is 1180. The molecule has 4 rings (SSSR count). The number of Topliss-reactive ketones (excluding diaryl/α,β-unsaturated/α-hetero) is 1. The molecular weight excluding hydrogens is 478 g/mol. The van der Waals surface area contributed by atoms with Crippen molar-refractivity contribution in [1.82, 2.24) is 9.80 Å². The molecule has 35 heavy (non-hydrogen) atoms. The number of halogens is 1. The number of nitro benzene ring substituents is 1. The lowest BCUT2D eigenvalue weighted by atomic mass is 9.95. The normalized spacial score (nSPS) is 20.3. The third-order valence-corrected chi connectivity index (χ3v) is 6.44. The largest absolute Gasteiger partial charge is 0.507 e. The van der Waals surface area contributed by atoms with Crippen LogP contribution in [0.5, 0.6) is 5.75 Å². The van der Waals surface area contributed by atoms with Crippen LogP contribution in [0.2, 0.25) is 5.02 Å². The summed E-state index contributed by atoms with van der Waals surface area (Å²) in [5, 5.41) is 22.5. The lowest BCUT2D eigenvalue weighted by Crippen LogP contribution is -2.42. The molecule has 2 aliphatic rings. The van der Waals surface area contributed by atoms with E-state index >= 15 is 0 Å². The summed E-state index contributed by atoms with van der Waals surface area (Å²) < 4.78 is 10.5. The average molecular weight is 502 g/mol. The van der Waals surface area contributed by atoms with Gasteiger partial charge in [-0.05, 0) is 35.9 Å². The molecule has 10 nitrogen and oxygen atoms in total. The predicted octanol–water partition coefficient (Wildman–Crippen LogP) is 3.01.